The Balaban J connectivity index is 1.61. The van der Waals surface area contributed by atoms with Crippen LogP contribution in [0.4, 0.5) is 10.2 Å². The fourth-order valence-electron chi connectivity index (χ4n) is 3.44. The van der Waals surface area contributed by atoms with Gasteiger partial charge >= 0.3 is 0 Å². The highest BCUT2D eigenvalue weighted by Crippen LogP contribution is 2.28. The number of nitrogens with zero attached hydrogens (tertiary/aromatic N) is 3. The molecule has 1 aliphatic rings. The van der Waals surface area contributed by atoms with Crippen molar-refractivity contribution in [3.63, 3.8) is 0 Å². The monoisotopic (exact) mass is 387 g/mol. The van der Waals surface area contributed by atoms with Crippen LogP contribution in [0.15, 0.2) is 30.6 Å². The van der Waals surface area contributed by atoms with Crippen LogP contribution in [0.1, 0.15) is 45.1 Å². The highest BCUT2D eigenvalue weighted by Gasteiger charge is 2.28. The zero-order valence-corrected chi connectivity index (χ0v) is 16.5. The number of Topliss-reactive ketones (excluding diaryl/α,β-unsaturated/α-hetero) is 1. The molecule has 0 amide bonds. The molecule has 2 aromatic rings. The SMILES string of the molecule is CCOc1ncnc(N2CC[C@@H](Oc3ccc([C@H](C)CC(C)=O)cc3)C2)c1F. The standard InChI is InChI=1S/C21H26FN3O3/c1-4-27-21-19(22)20(23-13-24-21)25-10-9-18(12-25)28-17-7-5-16(6-8-17)14(2)11-15(3)26/h5-8,13-14,18H,4,9-12H2,1-3H3/t14-,18-/m1/s1. The summed E-state index contributed by atoms with van der Waals surface area (Å²) in [5.41, 5.74) is 1.11. The van der Waals surface area contributed by atoms with Crippen LogP contribution in [0.3, 0.4) is 0 Å². The fourth-order valence-corrected chi connectivity index (χ4v) is 3.44. The van der Waals surface area contributed by atoms with Gasteiger partial charge in [-0.3, -0.25) is 0 Å². The lowest BCUT2D eigenvalue weighted by atomic mass is 9.96. The van der Waals surface area contributed by atoms with E-state index < -0.39 is 5.82 Å². The molecular formula is C21H26FN3O3. The number of hydrogen-bond acceptors (Lipinski definition) is 6. The molecule has 1 fully saturated rings. The lowest BCUT2D eigenvalue weighted by Gasteiger charge is -2.19. The summed E-state index contributed by atoms with van der Waals surface area (Å²) >= 11 is 0. The number of carbonyl (C=O) groups excluding carboxylic acids is 1. The topological polar surface area (TPSA) is 64.6 Å². The van der Waals surface area contributed by atoms with Crippen LogP contribution in [0, 0.1) is 5.82 Å². The van der Waals surface area contributed by atoms with Crippen molar-refractivity contribution in [2.24, 2.45) is 0 Å². The summed E-state index contributed by atoms with van der Waals surface area (Å²) in [6, 6.07) is 7.84. The minimum Gasteiger partial charge on any atom is -0.489 e. The van der Waals surface area contributed by atoms with Crippen molar-refractivity contribution in [3.8, 4) is 11.6 Å². The lowest BCUT2D eigenvalue weighted by Crippen LogP contribution is -2.26. The summed E-state index contributed by atoms with van der Waals surface area (Å²) < 4.78 is 25.8. The van der Waals surface area contributed by atoms with Crippen molar-refractivity contribution in [3.05, 3.63) is 42.0 Å². The molecule has 7 heteroatoms. The van der Waals surface area contributed by atoms with E-state index in [9.17, 15) is 9.18 Å². The molecule has 0 unspecified atom stereocenters. The van der Waals surface area contributed by atoms with Gasteiger partial charge in [0, 0.05) is 19.4 Å². The number of ketones is 1. The van der Waals surface area contributed by atoms with Gasteiger partial charge < -0.3 is 19.2 Å². The second-order valence-electron chi connectivity index (χ2n) is 7.10. The van der Waals surface area contributed by atoms with Crippen LogP contribution in [0.2, 0.25) is 0 Å². The van der Waals surface area contributed by atoms with E-state index in [0.717, 1.165) is 17.7 Å². The van der Waals surface area contributed by atoms with Gasteiger partial charge in [0.2, 0.25) is 5.82 Å². The Morgan fingerprint density at radius 2 is 2.07 bits per heavy atom. The maximum atomic E-state index is 14.5. The van der Waals surface area contributed by atoms with E-state index in [0.29, 0.717) is 26.1 Å². The third-order valence-corrected chi connectivity index (χ3v) is 4.81. The predicted octanol–water partition coefficient (Wildman–Crippen LogP) is 3.75. The Bertz CT molecular complexity index is 813. The molecule has 6 nitrogen and oxygen atoms in total. The normalized spacial score (nSPS) is 17.4. The summed E-state index contributed by atoms with van der Waals surface area (Å²) in [4.78, 5) is 21.1. The molecule has 1 aromatic heterocycles. The molecule has 3 rings (SSSR count). The highest BCUT2D eigenvalue weighted by molar-refractivity contribution is 5.76. The number of anilines is 1. The molecule has 1 aromatic carbocycles. The Morgan fingerprint density at radius 1 is 1.32 bits per heavy atom. The second kappa shape index (κ2) is 8.99. The van der Waals surface area contributed by atoms with Crippen molar-refractivity contribution < 1.29 is 18.7 Å². The number of ether oxygens (including phenoxy) is 2. The van der Waals surface area contributed by atoms with E-state index in [4.69, 9.17) is 9.47 Å². The van der Waals surface area contributed by atoms with Crippen LogP contribution in [0.25, 0.3) is 0 Å². The molecule has 0 aliphatic carbocycles. The summed E-state index contributed by atoms with van der Waals surface area (Å²) in [6.07, 6.45) is 2.57. The molecule has 150 valence electrons. The van der Waals surface area contributed by atoms with Gasteiger partial charge in [0.05, 0.1) is 13.2 Å². The molecule has 0 bridgehead atoms. The van der Waals surface area contributed by atoms with Gasteiger partial charge in [-0.1, -0.05) is 19.1 Å². The molecule has 2 atom stereocenters. The average molecular weight is 387 g/mol. The Hall–Kier alpha value is -2.70. The first kappa shape index (κ1) is 20.0. The number of halogens is 1. The molecule has 2 heterocycles. The summed E-state index contributed by atoms with van der Waals surface area (Å²) in [5.74, 6) is 0.833. The number of hydrogen-bond donors (Lipinski definition) is 0. The maximum absolute atomic E-state index is 14.5. The van der Waals surface area contributed by atoms with E-state index in [1.54, 1.807) is 13.8 Å². The molecule has 1 aliphatic heterocycles. The highest BCUT2D eigenvalue weighted by atomic mass is 19.1. The number of carbonyl (C=O) groups is 1. The number of benzene rings is 1. The third kappa shape index (κ3) is 4.77. The average Bonchev–Trinajstić information content (AvgIpc) is 3.12. The Kier molecular flexibility index (Phi) is 6.44. The molecule has 1 saturated heterocycles. The van der Waals surface area contributed by atoms with Crippen molar-refractivity contribution in [2.45, 2.75) is 45.6 Å². The van der Waals surface area contributed by atoms with E-state index in [2.05, 4.69) is 9.97 Å². The number of aromatic nitrogens is 2. The third-order valence-electron chi connectivity index (χ3n) is 4.81. The van der Waals surface area contributed by atoms with Gasteiger partial charge in [-0.05, 0) is 37.5 Å². The quantitative estimate of drug-likeness (QED) is 0.687. The minimum absolute atomic E-state index is 0.0212. The maximum Gasteiger partial charge on any atom is 0.255 e. The lowest BCUT2D eigenvalue weighted by molar-refractivity contribution is -0.117. The van der Waals surface area contributed by atoms with E-state index in [1.807, 2.05) is 36.1 Å². The first-order valence-corrected chi connectivity index (χ1v) is 9.62. The second-order valence-corrected chi connectivity index (χ2v) is 7.10. The molecule has 0 saturated carbocycles. The zero-order valence-electron chi connectivity index (χ0n) is 16.5. The van der Waals surface area contributed by atoms with Crippen molar-refractivity contribution in [2.75, 3.05) is 24.6 Å². The van der Waals surface area contributed by atoms with Crippen molar-refractivity contribution in [1.29, 1.82) is 0 Å². The molecule has 28 heavy (non-hydrogen) atoms. The van der Waals surface area contributed by atoms with Crippen molar-refractivity contribution in [1.82, 2.24) is 9.97 Å². The van der Waals surface area contributed by atoms with Gasteiger partial charge in [0.25, 0.3) is 5.88 Å². The van der Waals surface area contributed by atoms with Crippen molar-refractivity contribution >= 4 is 11.6 Å². The first-order chi connectivity index (χ1) is 13.5. The molecule has 0 spiro atoms. The molecular weight excluding hydrogens is 361 g/mol. The minimum atomic E-state index is -0.534. The fraction of sp³-hybridized carbons (Fsp3) is 0.476. The van der Waals surface area contributed by atoms with Gasteiger partial charge in [-0.25, -0.2) is 4.98 Å². The number of rotatable bonds is 8. The van der Waals surface area contributed by atoms with Crippen LogP contribution >= 0.6 is 0 Å². The molecule has 0 N–H and O–H groups in total. The summed E-state index contributed by atoms with van der Waals surface area (Å²) in [5, 5.41) is 0. The summed E-state index contributed by atoms with van der Waals surface area (Å²) in [6.45, 7) is 6.98. The van der Waals surface area contributed by atoms with Crippen LogP contribution < -0.4 is 14.4 Å². The van der Waals surface area contributed by atoms with Crippen LogP contribution in [-0.4, -0.2) is 41.6 Å². The van der Waals surface area contributed by atoms with E-state index in [1.165, 1.54) is 6.33 Å². The van der Waals surface area contributed by atoms with Gasteiger partial charge in [0.1, 0.15) is 24.0 Å². The Morgan fingerprint density at radius 3 is 2.75 bits per heavy atom. The predicted molar refractivity (Wildman–Crippen MR) is 105 cm³/mol. The van der Waals surface area contributed by atoms with Gasteiger partial charge in [-0.2, -0.15) is 9.37 Å². The molecule has 0 radical (unpaired) electrons. The van der Waals surface area contributed by atoms with E-state index in [-0.39, 0.29) is 29.5 Å². The zero-order chi connectivity index (χ0) is 20.1. The van der Waals surface area contributed by atoms with Gasteiger partial charge in [-0.15, -0.1) is 0 Å². The van der Waals surface area contributed by atoms with Crippen LogP contribution in [-0.2, 0) is 4.79 Å². The van der Waals surface area contributed by atoms with E-state index >= 15 is 0 Å². The Labute approximate surface area is 164 Å². The first-order valence-electron chi connectivity index (χ1n) is 9.62. The summed E-state index contributed by atoms with van der Waals surface area (Å²) in [7, 11) is 0. The van der Waals surface area contributed by atoms with Gasteiger partial charge in [0.15, 0.2) is 5.82 Å². The van der Waals surface area contributed by atoms with Crippen LogP contribution in [0.5, 0.6) is 11.6 Å². The smallest absolute Gasteiger partial charge is 0.255 e. The largest absolute Gasteiger partial charge is 0.489 e.